The lowest BCUT2D eigenvalue weighted by Crippen LogP contribution is -2.61. The van der Waals surface area contributed by atoms with Gasteiger partial charge in [-0.3, -0.25) is 0 Å². The van der Waals surface area contributed by atoms with Gasteiger partial charge in [0.05, 0.1) is 6.10 Å². The Kier molecular flexibility index (Phi) is 5.99. The minimum Gasteiger partial charge on any atom is -0.459 e. The van der Waals surface area contributed by atoms with Gasteiger partial charge in [-0.05, 0) is 37.3 Å². The van der Waals surface area contributed by atoms with Crippen LogP contribution >= 0.6 is 11.8 Å². The Morgan fingerprint density at radius 2 is 2.04 bits per heavy atom. The Labute approximate surface area is 171 Å². The lowest BCUT2D eigenvalue weighted by Gasteiger charge is -2.58. The molecule has 156 valence electrons. The average molecular weight is 411 g/mol. The number of esters is 2. The fourth-order valence-electron chi connectivity index (χ4n) is 5.41. The van der Waals surface area contributed by atoms with Gasteiger partial charge in [0, 0.05) is 49.2 Å². The summed E-state index contributed by atoms with van der Waals surface area (Å²) in [6.07, 6.45) is 5.01. The van der Waals surface area contributed by atoms with Crippen LogP contribution in [0.3, 0.4) is 0 Å². The van der Waals surface area contributed by atoms with Crippen LogP contribution in [0.15, 0.2) is 22.6 Å². The van der Waals surface area contributed by atoms with E-state index in [0.29, 0.717) is 12.0 Å². The Balaban J connectivity index is 1.96. The number of hydrogen-bond donors (Lipinski definition) is 0. The van der Waals surface area contributed by atoms with Crippen LogP contribution in [0.25, 0.3) is 0 Å². The third-order valence-corrected chi connectivity index (χ3v) is 7.52. The van der Waals surface area contributed by atoms with Gasteiger partial charge in [-0.2, -0.15) is 0 Å². The van der Waals surface area contributed by atoms with E-state index in [9.17, 15) is 9.59 Å². The number of ether oxygens (including phenoxy) is 4. The fraction of sp³-hybridized carbons (Fsp3) is 0.714. The third-order valence-electron chi connectivity index (χ3n) is 7.11. The van der Waals surface area contributed by atoms with E-state index >= 15 is 0 Å². The lowest BCUT2D eigenvalue weighted by molar-refractivity contribution is -0.243. The Bertz CT molecular complexity index is 716. The smallest absolute Gasteiger partial charge is 0.336 e. The molecule has 2 aliphatic carbocycles. The van der Waals surface area contributed by atoms with Crippen molar-refractivity contribution in [1.82, 2.24) is 0 Å². The van der Waals surface area contributed by atoms with E-state index in [4.69, 9.17) is 18.9 Å². The van der Waals surface area contributed by atoms with Crippen LogP contribution < -0.4 is 0 Å². The molecule has 0 unspecified atom stereocenters. The molecule has 3 aliphatic rings. The zero-order chi connectivity index (χ0) is 20.7. The minimum absolute atomic E-state index is 0.0497. The van der Waals surface area contributed by atoms with Gasteiger partial charge in [0.15, 0.2) is 0 Å². The second-order valence-corrected chi connectivity index (χ2v) is 8.89. The zero-order valence-electron chi connectivity index (χ0n) is 17.4. The van der Waals surface area contributed by atoms with E-state index in [1.165, 1.54) is 17.8 Å². The maximum absolute atomic E-state index is 12.4. The van der Waals surface area contributed by atoms with E-state index in [-0.39, 0.29) is 41.4 Å². The highest BCUT2D eigenvalue weighted by Gasteiger charge is 2.65. The van der Waals surface area contributed by atoms with Crippen molar-refractivity contribution >= 4 is 23.7 Å². The number of methoxy groups -OCH3 is 2. The SMILES string of the molecule is CO[C@@H]1C2=C(C)C(=O)O[C@]2(OC)C[C@H]2CC[C@H](OC(=O)/C=C\SC)[C@H](C)[C@]21C. The highest BCUT2D eigenvalue weighted by atomic mass is 32.2. The summed E-state index contributed by atoms with van der Waals surface area (Å²) in [5, 5.41) is 1.72. The van der Waals surface area contributed by atoms with Gasteiger partial charge in [0.1, 0.15) is 6.10 Å². The van der Waals surface area contributed by atoms with Gasteiger partial charge in [-0.1, -0.05) is 13.8 Å². The molecule has 2 saturated carbocycles. The third kappa shape index (κ3) is 3.12. The summed E-state index contributed by atoms with van der Waals surface area (Å²) >= 11 is 1.46. The van der Waals surface area contributed by atoms with E-state index in [0.717, 1.165) is 18.4 Å². The molecule has 0 amide bonds. The molecule has 7 heteroatoms. The highest BCUT2D eigenvalue weighted by molar-refractivity contribution is 8.01. The summed E-state index contributed by atoms with van der Waals surface area (Å²) in [6.45, 7) is 6.06. The molecule has 0 radical (unpaired) electrons. The van der Waals surface area contributed by atoms with E-state index in [1.807, 2.05) is 6.26 Å². The van der Waals surface area contributed by atoms with Crippen molar-refractivity contribution < 1.29 is 28.5 Å². The maximum Gasteiger partial charge on any atom is 0.336 e. The number of fused-ring (bicyclic) bond motifs is 2. The lowest BCUT2D eigenvalue weighted by atomic mass is 9.51. The first-order valence-corrected chi connectivity index (χ1v) is 11.0. The summed E-state index contributed by atoms with van der Waals surface area (Å²) < 4.78 is 23.2. The normalized spacial score (nSPS) is 40.3. The van der Waals surface area contributed by atoms with Crippen molar-refractivity contribution in [3.63, 3.8) is 0 Å². The van der Waals surface area contributed by atoms with Crippen LogP contribution in [0.5, 0.6) is 0 Å². The topological polar surface area (TPSA) is 71.1 Å². The Morgan fingerprint density at radius 3 is 2.64 bits per heavy atom. The molecule has 0 spiro atoms. The molecular weight excluding hydrogens is 380 g/mol. The second-order valence-electron chi connectivity index (χ2n) is 8.15. The van der Waals surface area contributed by atoms with Crippen molar-refractivity contribution in [2.45, 2.75) is 58.0 Å². The molecule has 3 rings (SSSR count). The van der Waals surface area contributed by atoms with Gasteiger partial charge in [-0.25, -0.2) is 9.59 Å². The minimum atomic E-state index is -1.05. The first-order chi connectivity index (χ1) is 13.2. The van der Waals surface area contributed by atoms with Crippen molar-refractivity contribution in [3.05, 3.63) is 22.6 Å². The van der Waals surface area contributed by atoms with Crippen LogP contribution in [0.2, 0.25) is 0 Å². The standard InChI is InChI=1S/C21H30O6S/c1-12-17-18(24-4)20(3)13(2)15(26-16(22)9-10-28-6)8-7-14(20)11-21(17,25-5)27-19(12)23/h9-10,13-15,18H,7-8,11H2,1-6H3/b10-9-/t13-,14+,15-,18+,20+,21+/m0/s1. The van der Waals surface area contributed by atoms with E-state index < -0.39 is 5.79 Å². The number of carbonyl (C=O) groups excluding carboxylic acids is 2. The maximum atomic E-state index is 12.4. The molecule has 6 nitrogen and oxygen atoms in total. The molecule has 0 aromatic heterocycles. The summed E-state index contributed by atoms with van der Waals surface area (Å²) in [5.41, 5.74) is 1.03. The summed E-state index contributed by atoms with van der Waals surface area (Å²) in [5.74, 6) is -1.45. The predicted octanol–water partition coefficient (Wildman–Crippen LogP) is 3.46. The van der Waals surface area contributed by atoms with E-state index in [2.05, 4.69) is 13.8 Å². The van der Waals surface area contributed by atoms with Gasteiger partial charge in [-0.15, -0.1) is 11.8 Å². The number of thioether (sulfide) groups is 1. The first kappa shape index (κ1) is 21.4. The zero-order valence-corrected chi connectivity index (χ0v) is 18.3. The quantitative estimate of drug-likeness (QED) is 0.508. The van der Waals surface area contributed by atoms with Crippen molar-refractivity contribution in [1.29, 1.82) is 0 Å². The van der Waals surface area contributed by atoms with Crippen molar-refractivity contribution in [2.75, 3.05) is 20.5 Å². The summed E-state index contributed by atoms with van der Waals surface area (Å²) in [7, 11) is 3.24. The molecule has 0 bridgehead atoms. The molecule has 28 heavy (non-hydrogen) atoms. The van der Waals surface area contributed by atoms with E-state index in [1.54, 1.807) is 26.6 Å². The largest absolute Gasteiger partial charge is 0.459 e. The van der Waals surface area contributed by atoms with Crippen LogP contribution in [-0.2, 0) is 28.5 Å². The molecule has 0 aromatic rings. The average Bonchev–Trinajstić information content (AvgIpc) is 2.92. The summed E-state index contributed by atoms with van der Waals surface area (Å²) in [6, 6.07) is 0. The molecule has 1 aliphatic heterocycles. The molecular formula is C21H30O6S. The number of rotatable bonds is 5. The van der Waals surface area contributed by atoms with Crippen molar-refractivity contribution in [2.24, 2.45) is 17.3 Å². The molecule has 0 aromatic carbocycles. The highest BCUT2D eigenvalue weighted by Crippen LogP contribution is 2.61. The fourth-order valence-corrected chi connectivity index (χ4v) is 5.66. The van der Waals surface area contributed by atoms with Gasteiger partial charge >= 0.3 is 11.9 Å². The van der Waals surface area contributed by atoms with Crippen LogP contribution in [-0.4, -0.2) is 50.4 Å². The predicted molar refractivity (Wildman–Crippen MR) is 106 cm³/mol. The first-order valence-electron chi connectivity index (χ1n) is 9.67. The number of hydrogen-bond acceptors (Lipinski definition) is 7. The van der Waals surface area contributed by atoms with Gasteiger partial charge in [0.2, 0.25) is 5.79 Å². The van der Waals surface area contributed by atoms with Crippen LogP contribution in [0.1, 0.15) is 40.0 Å². The second kappa shape index (κ2) is 7.84. The molecule has 2 fully saturated rings. The van der Waals surface area contributed by atoms with Crippen LogP contribution in [0, 0.1) is 17.3 Å². The molecule has 0 saturated heterocycles. The van der Waals surface area contributed by atoms with Gasteiger partial charge in [0.25, 0.3) is 0 Å². The van der Waals surface area contributed by atoms with Gasteiger partial charge < -0.3 is 18.9 Å². The Hall–Kier alpha value is -1.31. The summed E-state index contributed by atoms with van der Waals surface area (Å²) in [4.78, 5) is 24.5. The molecule has 1 heterocycles. The monoisotopic (exact) mass is 410 g/mol. The molecule has 6 atom stereocenters. The van der Waals surface area contributed by atoms with Crippen LogP contribution in [0.4, 0.5) is 0 Å². The van der Waals surface area contributed by atoms with Crippen molar-refractivity contribution in [3.8, 4) is 0 Å². The molecule has 0 N–H and O–H groups in total. The number of carbonyl (C=O) groups is 2. The Morgan fingerprint density at radius 1 is 1.32 bits per heavy atom.